The van der Waals surface area contributed by atoms with Crippen LogP contribution in [0.5, 0.6) is 0 Å². The van der Waals surface area contributed by atoms with Crippen LogP contribution in [0, 0.1) is 17.3 Å². The number of nitrogens with two attached hydrogens (primary N) is 1. The topological polar surface area (TPSA) is 50.4 Å². The van der Waals surface area contributed by atoms with E-state index in [0.717, 1.165) is 24.9 Å². The Morgan fingerprint density at radius 3 is 2.28 bits per heavy atom. The van der Waals surface area contributed by atoms with Gasteiger partial charge in [0.25, 0.3) is 0 Å². The van der Waals surface area contributed by atoms with Crippen LogP contribution in [0.3, 0.4) is 0 Å². The third-order valence-electron chi connectivity index (χ3n) is 5.68. The molecule has 0 heterocycles. The average Bonchev–Trinajstić information content (AvgIpc) is 2.16. The minimum absolute atomic E-state index is 0.543. The van der Waals surface area contributed by atoms with Crippen molar-refractivity contribution < 1.29 is 0 Å². The predicted molar refractivity (Wildman–Crippen MR) is 75.5 cm³/mol. The first kappa shape index (κ1) is 12.3. The lowest BCUT2D eigenvalue weighted by atomic mass is 9.55. The Morgan fingerprint density at radius 2 is 1.83 bits per heavy atom. The number of nitrogens with one attached hydrogen (secondary N) is 1. The summed E-state index contributed by atoms with van der Waals surface area (Å²) in [5, 5.41) is 3.31. The number of rotatable bonds is 5. The van der Waals surface area contributed by atoms with Gasteiger partial charge in [-0.15, -0.1) is 0 Å². The van der Waals surface area contributed by atoms with Crippen LogP contribution in [0.2, 0.25) is 0 Å². The molecule has 18 heavy (non-hydrogen) atoms. The summed E-state index contributed by atoms with van der Waals surface area (Å²) in [4.78, 5) is 4.63. The highest BCUT2D eigenvalue weighted by atomic mass is 15.1. The van der Waals surface area contributed by atoms with Gasteiger partial charge in [0, 0.05) is 13.1 Å². The first-order valence-corrected chi connectivity index (χ1v) is 7.82. The van der Waals surface area contributed by atoms with Crippen LogP contribution in [0.15, 0.2) is 4.99 Å². The number of hydrogen-bond acceptors (Lipinski definition) is 1. The van der Waals surface area contributed by atoms with Gasteiger partial charge in [-0.1, -0.05) is 19.3 Å². The molecule has 0 aromatic heterocycles. The minimum atomic E-state index is 0.543. The van der Waals surface area contributed by atoms with Crippen LogP contribution < -0.4 is 11.1 Å². The molecule has 3 rings (SSSR count). The molecule has 0 amide bonds. The number of guanidine groups is 1. The van der Waals surface area contributed by atoms with Crippen molar-refractivity contribution in [3.63, 3.8) is 0 Å². The molecule has 3 aliphatic rings. The van der Waals surface area contributed by atoms with E-state index < -0.39 is 0 Å². The Kier molecular flexibility index (Phi) is 3.49. The van der Waals surface area contributed by atoms with Crippen molar-refractivity contribution in [3.8, 4) is 0 Å². The van der Waals surface area contributed by atoms with Gasteiger partial charge < -0.3 is 11.1 Å². The Balaban J connectivity index is 1.45. The van der Waals surface area contributed by atoms with E-state index >= 15 is 0 Å². The molecule has 0 aromatic carbocycles. The molecule has 3 saturated carbocycles. The second-order valence-electron chi connectivity index (χ2n) is 6.72. The summed E-state index contributed by atoms with van der Waals surface area (Å²) in [6, 6.07) is 0. The van der Waals surface area contributed by atoms with E-state index in [1.165, 1.54) is 57.8 Å². The molecule has 0 atom stereocenters. The second-order valence-corrected chi connectivity index (χ2v) is 6.72. The van der Waals surface area contributed by atoms with Crippen molar-refractivity contribution in [1.29, 1.82) is 0 Å². The zero-order valence-corrected chi connectivity index (χ0v) is 11.5. The summed E-state index contributed by atoms with van der Waals surface area (Å²) in [6.07, 6.45) is 12.6. The molecule has 3 nitrogen and oxygen atoms in total. The molecule has 0 aliphatic heterocycles. The van der Waals surface area contributed by atoms with E-state index in [-0.39, 0.29) is 0 Å². The molecule has 0 radical (unpaired) electrons. The van der Waals surface area contributed by atoms with E-state index in [9.17, 15) is 0 Å². The van der Waals surface area contributed by atoms with Gasteiger partial charge in [-0.05, 0) is 55.8 Å². The molecule has 0 bridgehead atoms. The minimum Gasteiger partial charge on any atom is -0.370 e. The van der Waals surface area contributed by atoms with Crippen molar-refractivity contribution in [1.82, 2.24) is 5.32 Å². The normalized spacial score (nSPS) is 28.1. The highest BCUT2D eigenvalue weighted by molar-refractivity contribution is 5.77. The maximum absolute atomic E-state index is 5.99. The van der Waals surface area contributed by atoms with Gasteiger partial charge in [0.1, 0.15) is 0 Å². The first-order valence-electron chi connectivity index (χ1n) is 7.82. The molecular formula is C15H27N3. The average molecular weight is 249 g/mol. The van der Waals surface area contributed by atoms with Gasteiger partial charge >= 0.3 is 0 Å². The van der Waals surface area contributed by atoms with E-state index in [0.29, 0.717) is 11.4 Å². The van der Waals surface area contributed by atoms with E-state index in [1.54, 1.807) is 0 Å². The monoisotopic (exact) mass is 249 g/mol. The number of hydrogen-bond donors (Lipinski definition) is 2. The molecule has 0 unspecified atom stereocenters. The van der Waals surface area contributed by atoms with E-state index in [4.69, 9.17) is 5.73 Å². The maximum atomic E-state index is 5.99. The lowest BCUT2D eigenvalue weighted by Gasteiger charge is -2.51. The highest BCUT2D eigenvalue weighted by Gasteiger charge is 2.45. The van der Waals surface area contributed by atoms with E-state index in [1.807, 2.05) is 0 Å². The summed E-state index contributed by atoms with van der Waals surface area (Å²) < 4.78 is 0. The third kappa shape index (κ3) is 2.36. The lowest BCUT2D eigenvalue weighted by Crippen LogP contribution is -2.45. The van der Waals surface area contributed by atoms with Crippen molar-refractivity contribution >= 4 is 5.96 Å². The molecule has 3 aliphatic carbocycles. The van der Waals surface area contributed by atoms with Crippen molar-refractivity contribution in [2.45, 2.75) is 57.8 Å². The standard InChI is InChI=1S/C15H27N3/c16-14(17-10-12-4-1-5-12)18-11-15(8-3-9-15)13-6-2-7-13/h12-13H,1-11H2,(H3,16,17,18). The van der Waals surface area contributed by atoms with Gasteiger partial charge in [0.15, 0.2) is 5.96 Å². The summed E-state index contributed by atoms with van der Waals surface area (Å²) >= 11 is 0. The van der Waals surface area contributed by atoms with Crippen LogP contribution in [-0.4, -0.2) is 19.0 Å². The fourth-order valence-electron chi connectivity index (χ4n) is 3.59. The number of aliphatic imine (C=N–C) groups is 1. The zero-order chi connectivity index (χ0) is 12.4. The largest absolute Gasteiger partial charge is 0.370 e. The van der Waals surface area contributed by atoms with Gasteiger partial charge in [-0.25, -0.2) is 0 Å². The maximum Gasteiger partial charge on any atom is 0.188 e. The quantitative estimate of drug-likeness (QED) is 0.581. The van der Waals surface area contributed by atoms with Crippen molar-refractivity contribution in [2.75, 3.05) is 13.1 Å². The van der Waals surface area contributed by atoms with Crippen LogP contribution in [0.4, 0.5) is 0 Å². The Hall–Kier alpha value is -0.730. The first-order chi connectivity index (χ1) is 8.78. The van der Waals surface area contributed by atoms with Gasteiger partial charge in [0.05, 0.1) is 0 Å². The third-order valence-corrected chi connectivity index (χ3v) is 5.68. The molecule has 3 heteroatoms. The summed E-state index contributed by atoms with van der Waals surface area (Å²) in [6.45, 7) is 2.01. The summed E-state index contributed by atoms with van der Waals surface area (Å²) in [5.41, 5.74) is 6.53. The molecular weight excluding hydrogens is 222 g/mol. The van der Waals surface area contributed by atoms with Gasteiger partial charge in [-0.2, -0.15) is 0 Å². The van der Waals surface area contributed by atoms with Crippen LogP contribution in [-0.2, 0) is 0 Å². The fraction of sp³-hybridized carbons (Fsp3) is 0.933. The SMILES string of the molecule is NC(=NCC1(C2CCC2)CCC1)NCC1CCC1. The molecule has 0 spiro atoms. The second kappa shape index (κ2) is 5.10. The molecule has 0 saturated heterocycles. The smallest absolute Gasteiger partial charge is 0.188 e. The van der Waals surface area contributed by atoms with E-state index in [2.05, 4.69) is 10.3 Å². The summed E-state index contributed by atoms with van der Waals surface area (Å²) in [5.74, 6) is 2.49. The highest BCUT2D eigenvalue weighted by Crippen LogP contribution is 2.54. The van der Waals surface area contributed by atoms with Crippen molar-refractivity contribution in [3.05, 3.63) is 0 Å². The lowest BCUT2D eigenvalue weighted by molar-refractivity contribution is 0.0115. The predicted octanol–water partition coefficient (Wildman–Crippen LogP) is 2.66. The zero-order valence-electron chi connectivity index (χ0n) is 11.5. The molecule has 102 valence electrons. The number of nitrogens with zero attached hydrogens (tertiary/aromatic N) is 1. The van der Waals surface area contributed by atoms with Gasteiger partial charge in [-0.3, -0.25) is 4.99 Å². The van der Waals surface area contributed by atoms with Gasteiger partial charge in [0.2, 0.25) is 0 Å². The Labute approximate surface area is 111 Å². The fourth-order valence-corrected chi connectivity index (χ4v) is 3.59. The van der Waals surface area contributed by atoms with Crippen LogP contribution in [0.25, 0.3) is 0 Å². The molecule has 0 aromatic rings. The Morgan fingerprint density at radius 1 is 1.11 bits per heavy atom. The molecule has 3 N–H and O–H groups in total. The van der Waals surface area contributed by atoms with Crippen molar-refractivity contribution in [2.24, 2.45) is 28.0 Å². The molecule has 3 fully saturated rings. The van der Waals surface area contributed by atoms with Crippen LogP contribution in [0.1, 0.15) is 57.8 Å². The van der Waals surface area contributed by atoms with Crippen LogP contribution >= 0.6 is 0 Å². The Bertz CT molecular complexity index is 312. The summed E-state index contributed by atoms with van der Waals surface area (Å²) in [7, 11) is 0.